The molecule has 4 nitrogen and oxygen atoms in total. The number of halogens is 1. The van der Waals surface area contributed by atoms with E-state index in [1.54, 1.807) is 19.2 Å². The first-order valence-corrected chi connectivity index (χ1v) is 8.39. The van der Waals surface area contributed by atoms with Crippen LogP contribution in [0.15, 0.2) is 36.4 Å². The summed E-state index contributed by atoms with van der Waals surface area (Å²) in [6, 6.07) is 12.1. The van der Waals surface area contributed by atoms with Gasteiger partial charge in [0.2, 0.25) is 0 Å². The van der Waals surface area contributed by atoms with E-state index >= 15 is 0 Å². The molecule has 1 aliphatic heterocycles. The molecule has 0 unspecified atom stereocenters. The average molecular weight is 345 g/mol. The number of fused-ring (bicyclic) bond motifs is 1. The number of ether oxygens (including phenoxy) is 2. The first kappa shape index (κ1) is 16.8. The quantitative estimate of drug-likeness (QED) is 0.811. The van der Waals surface area contributed by atoms with Crippen LogP contribution in [0.25, 0.3) is 0 Å². The lowest BCUT2D eigenvalue weighted by molar-refractivity contribution is 0.193. The Labute approximate surface area is 147 Å². The molecule has 0 saturated carbocycles. The fourth-order valence-corrected chi connectivity index (χ4v) is 3.26. The van der Waals surface area contributed by atoms with E-state index in [-0.39, 0.29) is 0 Å². The first-order valence-electron chi connectivity index (χ1n) is 8.01. The van der Waals surface area contributed by atoms with Crippen molar-refractivity contribution in [1.82, 2.24) is 4.90 Å². The Morgan fingerprint density at radius 1 is 1.25 bits per heavy atom. The van der Waals surface area contributed by atoms with Crippen molar-refractivity contribution in [1.29, 1.82) is 5.41 Å². The normalized spacial score (nSPS) is 14.1. The summed E-state index contributed by atoms with van der Waals surface area (Å²) in [5.74, 6) is 1.10. The molecule has 0 atom stereocenters. The van der Waals surface area contributed by atoms with Crippen molar-refractivity contribution < 1.29 is 9.47 Å². The van der Waals surface area contributed by atoms with Crippen LogP contribution >= 0.6 is 11.6 Å². The third kappa shape index (κ3) is 3.71. The highest BCUT2D eigenvalue weighted by atomic mass is 35.5. The predicted molar refractivity (Wildman–Crippen MR) is 96.8 cm³/mol. The molecule has 0 radical (unpaired) electrons. The van der Waals surface area contributed by atoms with Crippen LogP contribution < -0.4 is 9.47 Å². The number of rotatable bonds is 6. The fraction of sp³-hybridized carbons (Fsp3) is 0.316. The topological polar surface area (TPSA) is 45.6 Å². The van der Waals surface area contributed by atoms with Gasteiger partial charge in [-0.3, -0.25) is 4.90 Å². The van der Waals surface area contributed by atoms with Gasteiger partial charge in [0.05, 0.1) is 12.1 Å². The molecular formula is C19H21ClN2O2. The van der Waals surface area contributed by atoms with Gasteiger partial charge in [-0.2, -0.15) is 0 Å². The molecule has 126 valence electrons. The highest BCUT2D eigenvalue weighted by Gasteiger charge is 2.16. The molecule has 3 rings (SSSR count). The van der Waals surface area contributed by atoms with Crippen molar-refractivity contribution >= 4 is 17.8 Å². The second-order valence-electron chi connectivity index (χ2n) is 5.82. The third-order valence-corrected chi connectivity index (χ3v) is 4.56. The largest absolute Gasteiger partial charge is 0.493 e. The molecule has 2 aromatic rings. The summed E-state index contributed by atoms with van der Waals surface area (Å²) in [5, 5.41) is 7.80. The summed E-state index contributed by atoms with van der Waals surface area (Å²) >= 11 is 6.26. The lowest BCUT2D eigenvalue weighted by Gasteiger charge is -2.28. The Morgan fingerprint density at radius 2 is 2.04 bits per heavy atom. The van der Waals surface area contributed by atoms with Gasteiger partial charge in [0.15, 0.2) is 11.5 Å². The molecule has 0 bridgehead atoms. The SMILES string of the molecule is COc1cc(C=N)cc(Cl)c1OCCN1CCc2ccccc2C1. The predicted octanol–water partition coefficient (Wildman–Crippen LogP) is 3.78. The maximum atomic E-state index is 7.33. The molecule has 5 heteroatoms. The van der Waals surface area contributed by atoms with Crippen LogP contribution in [0.1, 0.15) is 16.7 Å². The maximum absolute atomic E-state index is 7.33. The zero-order valence-electron chi connectivity index (χ0n) is 13.7. The van der Waals surface area contributed by atoms with E-state index < -0.39 is 0 Å². The maximum Gasteiger partial charge on any atom is 0.179 e. The van der Waals surface area contributed by atoms with E-state index in [9.17, 15) is 0 Å². The minimum atomic E-state index is 0.469. The summed E-state index contributed by atoms with van der Waals surface area (Å²) < 4.78 is 11.2. The zero-order chi connectivity index (χ0) is 16.9. The second-order valence-corrected chi connectivity index (χ2v) is 6.23. The van der Waals surface area contributed by atoms with E-state index in [2.05, 4.69) is 29.2 Å². The van der Waals surface area contributed by atoms with Crippen molar-refractivity contribution in [3.05, 3.63) is 58.1 Å². The monoisotopic (exact) mass is 344 g/mol. The van der Waals surface area contributed by atoms with Gasteiger partial charge in [0, 0.05) is 25.8 Å². The molecule has 0 aliphatic carbocycles. The molecule has 1 heterocycles. The first-order chi connectivity index (χ1) is 11.7. The molecule has 1 N–H and O–H groups in total. The molecule has 0 amide bonds. The van der Waals surface area contributed by atoms with Crippen molar-refractivity contribution in [2.75, 3.05) is 26.8 Å². The summed E-state index contributed by atoms with van der Waals surface area (Å²) in [5.41, 5.74) is 3.54. The van der Waals surface area contributed by atoms with E-state index in [0.717, 1.165) is 26.1 Å². The minimum Gasteiger partial charge on any atom is -0.493 e. The summed E-state index contributed by atoms with van der Waals surface area (Å²) in [6.45, 7) is 3.37. The van der Waals surface area contributed by atoms with E-state index in [1.807, 2.05) is 0 Å². The summed E-state index contributed by atoms with van der Waals surface area (Å²) in [4.78, 5) is 2.38. The highest BCUT2D eigenvalue weighted by Crippen LogP contribution is 2.36. The Bertz CT molecular complexity index is 733. The fourth-order valence-electron chi connectivity index (χ4n) is 2.99. The second kappa shape index (κ2) is 7.69. The zero-order valence-corrected chi connectivity index (χ0v) is 14.5. The van der Waals surface area contributed by atoms with Gasteiger partial charge < -0.3 is 14.9 Å². The van der Waals surface area contributed by atoms with Crippen molar-refractivity contribution in [3.8, 4) is 11.5 Å². The smallest absolute Gasteiger partial charge is 0.179 e. The molecule has 24 heavy (non-hydrogen) atoms. The number of nitrogens with one attached hydrogen (secondary N) is 1. The highest BCUT2D eigenvalue weighted by molar-refractivity contribution is 6.32. The van der Waals surface area contributed by atoms with E-state index in [0.29, 0.717) is 28.7 Å². The Balaban J connectivity index is 1.60. The van der Waals surface area contributed by atoms with E-state index in [4.69, 9.17) is 26.5 Å². The average Bonchev–Trinajstić information content (AvgIpc) is 2.62. The number of hydrogen-bond donors (Lipinski definition) is 1. The Kier molecular flexibility index (Phi) is 5.38. The van der Waals surface area contributed by atoms with Gasteiger partial charge in [0.25, 0.3) is 0 Å². The molecule has 0 saturated heterocycles. The molecule has 1 aliphatic rings. The van der Waals surface area contributed by atoms with E-state index in [1.165, 1.54) is 17.3 Å². The molecule has 2 aromatic carbocycles. The summed E-state index contributed by atoms with van der Waals surface area (Å²) in [6.07, 6.45) is 2.32. The molecule has 0 aromatic heterocycles. The van der Waals surface area contributed by atoms with Crippen LogP contribution in [0.4, 0.5) is 0 Å². The van der Waals surface area contributed by atoms with Crippen LogP contribution in [0.2, 0.25) is 5.02 Å². The van der Waals surface area contributed by atoms with Crippen LogP contribution in [0, 0.1) is 5.41 Å². The van der Waals surface area contributed by atoms with Crippen LogP contribution in [-0.2, 0) is 13.0 Å². The number of hydrogen-bond acceptors (Lipinski definition) is 4. The van der Waals surface area contributed by atoms with Gasteiger partial charge in [-0.05, 0) is 35.2 Å². The third-order valence-electron chi connectivity index (χ3n) is 4.28. The lowest BCUT2D eigenvalue weighted by Crippen LogP contribution is -2.33. The van der Waals surface area contributed by atoms with Gasteiger partial charge in [-0.25, -0.2) is 0 Å². The van der Waals surface area contributed by atoms with Gasteiger partial charge in [-0.1, -0.05) is 35.9 Å². The molecule has 0 spiro atoms. The van der Waals surface area contributed by atoms with Crippen LogP contribution in [0.5, 0.6) is 11.5 Å². The van der Waals surface area contributed by atoms with Gasteiger partial charge in [0.1, 0.15) is 6.61 Å². The van der Waals surface area contributed by atoms with Crippen LogP contribution in [-0.4, -0.2) is 37.9 Å². The molecular weight excluding hydrogens is 324 g/mol. The van der Waals surface area contributed by atoms with Gasteiger partial charge >= 0.3 is 0 Å². The standard InChI is InChI=1S/C19H21ClN2O2/c1-23-18-11-14(12-21)10-17(20)19(18)24-9-8-22-7-6-15-4-2-3-5-16(15)13-22/h2-5,10-12,21H,6-9,13H2,1H3. The molecule has 0 fully saturated rings. The number of benzene rings is 2. The summed E-state index contributed by atoms with van der Waals surface area (Å²) in [7, 11) is 1.58. The van der Waals surface area contributed by atoms with Gasteiger partial charge in [-0.15, -0.1) is 0 Å². The van der Waals surface area contributed by atoms with Crippen molar-refractivity contribution in [2.24, 2.45) is 0 Å². The lowest BCUT2D eigenvalue weighted by atomic mass is 10.0. The Morgan fingerprint density at radius 3 is 2.79 bits per heavy atom. The van der Waals surface area contributed by atoms with Crippen molar-refractivity contribution in [2.45, 2.75) is 13.0 Å². The number of methoxy groups -OCH3 is 1. The Hall–Kier alpha value is -2.04. The van der Waals surface area contributed by atoms with Crippen molar-refractivity contribution in [3.63, 3.8) is 0 Å². The number of nitrogens with zero attached hydrogens (tertiary/aromatic N) is 1. The van der Waals surface area contributed by atoms with Crippen LogP contribution in [0.3, 0.4) is 0 Å². The minimum absolute atomic E-state index is 0.469.